The summed E-state index contributed by atoms with van der Waals surface area (Å²) in [6, 6.07) is 5.50. The van der Waals surface area contributed by atoms with Crippen molar-refractivity contribution in [3.63, 3.8) is 0 Å². The molecule has 3 rings (SSSR count). The predicted molar refractivity (Wildman–Crippen MR) is 114 cm³/mol. The molecule has 5 nitrogen and oxygen atoms in total. The Hall–Kier alpha value is -1.61. The van der Waals surface area contributed by atoms with Gasteiger partial charge in [-0.3, -0.25) is 0 Å². The maximum atomic E-state index is 13.7. The maximum Gasteiger partial charge on any atom is 0.147 e. The van der Waals surface area contributed by atoms with Crippen LogP contribution in [0.5, 0.6) is 5.75 Å². The van der Waals surface area contributed by atoms with E-state index in [1.807, 2.05) is 10.8 Å². The van der Waals surface area contributed by atoms with E-state index in [0.717, 1.165) is 10.9 Å². The van der Waals surface area contributed by atoms with Crippen molar-refractivity contribution in [2.24, 2.45) is 0 Å². The Morgan fingerprint density at radius 1 is 1.21 bits per heavy atom. The first-order valence-corrected chi connectivity index (χ1v) is 13.8. The molecule has 9 heteroatoms. The third-order valence-electron chi connectivity index (χ3n) is 4.14. The lowest BCUT2D eigenvalue weighted by Crippen LogP contribution is -2.22. The van der Waals surface area contributed by atoms with E-state index in [1.54, 1.807) is 13.2 Å². The van der Waals surface area contributed by atoms with Crippen LogP contribution in [0, 0.1) is 5.82 Å². The molecule has 2 heterocycles. The quantitative estimate of drug-likeness (QED) is 0.256. The van der Waals surface area contributed by atoms with Crippen LogP contribution in [0.25, 0.3) is 11.0 Å². The molecular weight excluding hydrogens is 417 g/mol. The van der Waals surface area contributed by atoms with Gasteiger partial charge in [0.25, 0.3) is 0 Å². The van der Waals surface area contributed by atoms with Crippen molar-refractivity contribution in [3.8, 4) is 5.75 Å². The lowest BCUT2D eigenvalue weighted by molar-refractivity contribution is 0.0896. The summed E-state index contributed by atoms with van der Waals surface area (Å²) in [6.07, 6.45) is 3.34. The van der Waals surface area contributed by atoms with E-state index in [0.29, 0.717) is 40.2 Å². The van der Waals surface area contributed by atoms with E-state index in [9.17, 15) is 4.39 Å². The van der Waals surface area contributed by atoms with Crippen molar-refractivity contribution in [1.29, 1.82) is 0 Å². The first-order valence-electron chi connectivity index (χ1n) is 8.87. The average Bonchev–Trinajstić information content (AvgIpc) is 2.97. The molecular formula is C19H23ClFN3O2SSi. The van der Waals surface area contributed by atoms with Gasteiger partial charge in [0.2, 0.25) is 0 Å². The number of fused-ring (bicyclic) bond motifs is 1. The third-order valence-corrected chi connectivity index (χ3v) is 7.20. The highest BCUT2D eigenvalue weighted by molar-refractivity contribution is 7.99. The molecule has 0 spiro atoms. The van der Waals surface area contributed by atoms with Crippen molar-refractivity contribution in [2.45, 2.75) is 42.2 Å². The van der Waals surface area contributed by atoms with Crippen LogP contribution in [0.15, 0.2) is 40.5 Å². The highest BCUT2D eigenvalue weighted by atomic mass is 35.5. The SMILES string of the molecule is COc1ccc(F)cc1Sc1cn(COCC[Si](C)(C)C)c2ncnc(Cl)c12. The first-order chi connectivity index (χ1) is 13.3. The number of rotatable bonds is 8. The fourth-order valence-corrected chi connectivity index (χ4v) is 4.79. The molecule has 0 amide bonds. The van der Waals surface area contributed by atoms with E-state index < -0.39 is 8.07 Å². The molecule has 0 N–H and O–H groups in total. The van der Waals surface area contributed by atoms with Crippen molar-refractivity contribution in [3.05, 3.63) is 41.7 Å². The summed E-state index contributed by atoms with van der Waals surface area (Å²) in [4.78, 5) is 9.94. The van der Waals surface area contributed by atoms with Crippen LogP contribution in [-0.4, -0.2) is 36.3 Å². The molecule has 2 aromatic heterocycles. The summed E-state index contributed by atoms with van der Waals surface area (Å²) in [7, 11) is 0.404. The zero-order valence-electron chi connectivity index (χ0n) is 16.3. The van der Waals surface area contributed by atoms with E-state index in [2.05, 4.69) is 29.6 Å². The lowest BCUT2D eigenvalue weighted by Gasteiger charge is -2.15. The van der Waals surface area contributed by atoms with E-state index in [1.165, 1.54) is 30.2 Å². The minimum absolute atomic E-state index is 0.330. The number of benzene rings is 1. The van der Waals surface area contributed by atoms with Crippen LogP contribution in [0.2, 0.25) is 30.8 Å². The van der Waals surface area contributed by atoms with Crippen molar-refractivity contribution in [1.82, 2.24) is 14.5 Å². The Morgan fingerprint density at radius 3 is 2.71 bits per heavy atom. The van der Waals surface area contributed by atoms with Crippen LogP contribution < -0.4 is 4.74 Å². The van der Waals surface area contributed by atoms with Crippen LogP contribution in [0.1, 0.15) is 0 Å². The molecule has 0 saturated carbocycles. The van der Waals surface area contributed by atoms with Gasteiger partial charge in [0.1, 0.15) is 35.4 Å². The Labute approximate surface area is 174 Å². The molecule has 1 aromatic carbocycles. The van der Waals surface area contributed by atoms with E-state index in [4.69, 9.17) is 21.1 Å². The number of halogens is 2. The smallest absolute Gasteiger partial charge is 0.147 e. The summed E-state index contributed by atoms with van der Waals surface area (Å²) in [5.41, 5.74) is 0.686. The van der Waals surface area contributed by atoms with Crippen molar-refractivity contribution in [2.75, 3.05) is 13.7 Å². The number of nitrogens with zero attached hydrogens (tertiary/aromatic N) is 3. The zero-order valence-corrected chi connectivity index (χ0v) is 18.9. The van der Waals surface area contributed by atoms with Gasteiger partial charge >= 0.3 is 0 Å². The summed E-state index contributed by atoms with van der Waals surface area (Å²) in [5.74, 6) is 0.260. The standard InChI is InChI=1S/C19H23ClFN3O2SSi/c1-25-14-6-5-13(21)9-15(14)27-16-10-24(12-26-7-8-28(2,3)4)19-17(16)18(20)22-11-23-19/h5-6,9-11H,7-8,12H2,1-4H3. The van der Waals surface area contributed by atoms with Gasteiger partial charge in [0.05, 0.1) is 17.4 Å². The van der Waals surface area contributed by atoms with Crippen molar-refractivity contribution >= 4 is 42.5 Å². The molecule has 150 valence electrons. The van der Waals surface area contributed by atoms with Crippen LogP contribution in [0.4, 0.5) is 4.39 Å². The van der Waals surface area contributed by atoms with Gasteiger partial charge in [-0.1, -0.05) is 43.0 Å². The molecule has 0 fully saturated rings. The summed E-state index contributed by atoms with van der Waals surface area (Å²) in [6.45, 7) is 8.02. The lowest BCUT2D eigenvalue weighted by atomic mass is 10.3. The largest absolute Gasteiger partial charge is 0.496 e. The van der Waals surface area contributed by atoms with Gasteiger partial charge in [-0.25, -0.2) is 14.4 Å². The van der Waals surface area contributed by atoms with E-state index in [-0.39, 0.29) is 5.82 Å². The number of methoxy groups -OCH3 is 1. The minimum Gasteiger partial charge on any atom is -0.496 e. The van der Waals surface area contributed by atoms with Gasteiger partial charge in [-0.2, -0.15) is 0 Å². The molecule has 0 aliphatic carbocycles. The molecule has 0 radical (unpaired) electrons. The molecule has 0 atom stereocenters. The monoisotopic (exact) mass is 439 g/mol. The van der Waals surface area contributed by atoms with Gasteiger partial charge in [0.15, 0.2) is 0 Å². The van der Waals surface area contributed by atoms with Crippen molar-refractivity contribution < 1.29 is 13.9 Å². The van der Waals surface area contributed by atoms with Gasteiger partial charge < -0.3 is 14.0 Å². The van der Waals surface area contributed by atoms with E-state index >= 15 is 0 Å². The predicted octanol–water partition coefficient (Wildman–Crippen LogP) is 5.70. The van der Waals surface area contributed by atoms with Crippen LogP contribution in [0.3, 0.4) is 0 Å². The van der Waals surface area contributed by atoms with Gasteiger partial charge in [-0.05, 0) is 24.2 Å². The second-order valence-electron chi connectivity index (χ2n) is 7.57. The fraction of sp³-hybridized carbons (Fsp3) is 0.368. The first kappa shape index (κ1) is 21.1. The summed E-state index contributed by atoms with van der Waals surface area (Å²) >= 11 is 7.71. The van der Waals surface area contributed by atoms with Gasteiger partial charge in [0, 0.05) is 25.8 Å². The summed E-state index contributed by atoms with van der Waals surface area (Å²) < 4.78 is 26.9. The minimum atomic E-state index is -1.15. The maximum absolute atomic E-state index is 13.7. The Kier molecular flexibility index (Phi) is 6.64. The zero-order chi connectivity index (χ0) is 20.3. The number of hydrogen-bond acceptors (Lipinski definition) is 5. The molecule has 0 bridgehead atoms. The number of aromatic nitrogens is 3. The topological polar surface area (TPSA) is 49.2 Å². The Bertz CT molecular complexity index is 978. The number of hydrogen-bond donors (Lipinski definition) is 0. The van der Waals surface area contributed by atoms with Crippen LogP contribution in [-0.2, 0) is 11.5 Å². The fourth-order valence-electron chi connectivity index (χ4n) is 2.62. The highest BCUT2D eigenvalue weighted by Crippen LogP contribution is 2.41. The second-order valence-corrected chi connectivity index (χ2v) is 14.6. The second kappa shape index (κ2) is 8.81. The molecule has 0 unspecified atom stereocenters. The average molecular weight is 440 g/mol. The third kappa shape index (κ3) is 5.05. The molecule has 0 aliphatic rings. The number of ether oxygens (including phenoxy) is 2. The highest BCUT2D eigenvalue weighted by Gasteiger charge is 2.18. The molecule has 0 saturated heterocycles. The van der Waals surface area contributed by atoms with Crippen LogP contribution >= 0.6 is 23.4 Å². The molecule has 28 heavy (non-hydrogen) atoms. The normalized spacial score (nSPS) is 11.9. The Morgan fingerprint density at radius 2 is 2.00 bits per heavy atom. The molecule has 3 aromatic rings. The summed E-state index contributed by atoms with van der Waals surface area (Å²) in [5, 5.41) is 1.07. The Balaban J connectivity index is 1.90. The molecule has 0 aliphatic heterocycles. The van der Waals surface area contributed by atoms with Gasteiger partial charge in [-0.15, -0.1) is 0 Å².